The Hall–Kier alpha value is -1.88. The van der Waals surface area contributed by atoms with Crippen LogP contribution in [0.2, 0.25) is 0 Å². The van der Waals surface area contributed by atoms with E-state index in [1.165, 1.54) is 19.3 Å². The maximum absolute atomic E-state index is 12.8. The Labute approximate surface area is 136 Å². The van der Waals surface area contributed by atoms with E-state index in [-0.39, 0.29) is 11.9 Å². The Balaban J connectivity index is 1.50. The van der Waals surface area contributed by atoms with Crippen LogP contribution in [0.5, 0.6) is 0 Å². The fraction of sp³-hybridized carbons (Fsp3) is 0.556. The van der Waals surface area contributed by atoms with E-state index in [0.717, 1.165) is 49.3 Å². The van der Waals surface area contributed by atoms with Gasteiger partial charge in [0.15, 0.2) is 0 Å². The van der Waals surface area contributed by atoms with Gasteiger partial charge in [-0.1, -0.05) is 18.6 Å². The molecule has 2 aliphatic rings. The molecule has 122 valence electrons. The molecule has 2 aromatic rings. The molecular weight excluding hydrogens is 288 g/mol. The molecule has 2 saturated heterocycles. The Kier molecular flexibility index (Phi) is 4.04. The van der Waals surface area contributed by atoms with Crippen molar-refractivity contribution in [3.05, 3.63) is 30.1 Å². The molecular formula is C18H24N4O. The molecule has 1 aromatic heterocycles. The number of H-pyrrole nitrogens is 1. The van der Waals surface area contributed by atoms with Crippen molar-refractivity contribution in [3.63, 3.8) is 0 Å². The van der Waals surface area contributed by atoms with Gasteiger partial charge in [-0.3, -0.25) is 9.69 Å². The van der Waals surface area contributed by atoms with E-state index < -0.39 is 0 Å². The zero-order valence-corrected chi connectivity index (χ0v) is 13.5. The van der Waals surface area contributed by atoms with Crippen LogP contribution < -0.4 is 0 Å². The average Bonchev–Trinajstić information content (AvgIpc) is 3.22. The fourth-order valence-electron chi connectivity index (χ4n) is 3.88. The predicted molar refractivity (Wildman–Crippen MR) is 90.1 cm³/mol. The number of hydrogen-bond donors (Lipinski definition) is 1. The molecule has 0 bridgehead atoms. The minimum Gasteiger partial charge on any atom is -0.340 e. The number of rotatable bonds is 3. The van der Waals surface area contributed by atoms with Gasteiger partial charge in [0.2, 0.25) is 5.91 Å². The summed E-state index contributed by atoms with van der Waals surface area (Å²) < 4.78 is 0. The maximum Gasteiger partial charge on any atom is 0.237 e. The summed E-state index contributed by atoms with van der Waals surface area (Å²) in [5, 5.41) is 0. The summed E-state index contributed by atoms with van der Waals surface area (Å²) >= 11 is 0. The molecule has 0 aliphatic carbocycles. The molecule has 0 radical (unpaired) electrons. The van der Waals surface area contributed by atoms with Crippen LogP contribution in [0.4, 0.5) is 0 Å². The minimum atomic E-state index is 0.111. The number of carbonyl (C=O) groups excluding carboxylic acids is 1. The van der Waals surface area contributed by atoms with Crippen LogP contribution in [0.15, 0.2) is 24.3 Å². The Morgan fingerprint density at radius 1 is 1.13 bits per heavy atom. The number of nitrogens with zero attached hydrogens (tertiary/aromatic N) is 3. The molecule has 23 heavy (non-hydrogen) atoms. The van der Waals surface area contributed by atoms with E-state index in [2.05, 4.69) is 9.88 Å². The Bertz CT molecular complexity index is 656. The highest BCUT2D eigenvalue weighted by molar-refractivity contribution is 5.79. The molecule has 1 aromatic carbocycles. The molecule has 0 spiro atoms. The van der Waals surface area contributed by atoms with Crippen molar-refractivity contribution in [2.45, 2.75) is 38.1 Å². The summed E-state index contributed by atoms with van der Waals surface area (Å²) in [5.41, 5.74) is 2.04. The van der Waals surface area contributed by atoms with Gasteiger partial charge in [-0.05, 0) is 50.9 Å². The van der Waals surface area contributed by atoms with Gasteiger partial charge in [0.1, 0.15) is 5.82 Å². The number of aromatic amines is 1. The smallest absolute Gasteiger partial charge is 0.237 e. The van der Waals surface area contributed by atoms with E-state index in [4.69, 9.17) is 4.98 Å². The third-order valence-electron chi connectivity index (χ3n) is 5.10. The van der Waals surface area contributed by atoms with Crippen molar-refractivity contribution >= 4 is 16.9 Å². The first-order chi connectivity index (χ1) is 11.3. The maximum atomic E-state index is 12.8. The number of benzene rings is 1. The molecule has 2 aliphatic heterocycles. The highest BCUT2D eigenvalue weighted by atomic mass is 16.2. The van der Waals surface area contributed by atoms with E-state index in [0.29, 0.717) is 6.54 Å². The lowest BCUT2D eigenvalue weighted by molar-refractivity contribution is -0.133. The number of fused-ring (bicyclic) bond motifs is 1. The molecule has 5 nitrogen and oxygen atoms in total. The van der Waals surface area contributed by atoms with Crippen LogP contribution in [-0.2, 0) is 4.79 Å². The zero-order chi connectivity index (χ0) is 15.6. The SMILES string of the molecule is O=C(CN1CCCCC1)N1CCC[C@@H]1c1nc2ccccc2[nH]1. The van der Waals surface area contributed by atoms with Crippen molar-refractivity contribution < 1.29 is 4.79 Å². The van der Waals surface area contributed by atoms with E-state index >= 15 is 0 Å². The second kappa shape index (κ2) is 6.32. The van der Waals surface area contributed by atoms with Gasteiger partial charge in [0.05, 0.1) is 23.6 Å². The Morgan fingerprint density at radius 3 is 2.78 bits per heavy atom. The van der Waals surface area contributed by atoms with E-state index in [1.54, 1.807) is 0 Å². The number of amides is 1. The first-order valence-electron chi connectivity index (χ1n) is 8.78. The molecule has 3 heterocycles. The van der Waals surface area contributed by atoms with Gasteiger partial charge < -0.3 is 9.88 Å². The average molecular weight is 312 g/mol. The molecule has 5 heteroatoms. The summed E-state index contributed by atoms with van der Waals surface area (Å²) in [5.74, 6) is 1.20. The third kappa shape index (κ3) is 2.98. The monoisotopic (exact) mass is 312 g/mol. The summed E-state index contributed by atoms with van der Waals surface area (Å²) in [7, 11) is 0. The number of piperidine rings is 1. The molecule has 1 amide bonds. The second-order valence-electron chi connectivity index (χ2n) is 6.72. The molecule has 0 unspecified atom stereocenters. The van der Waals surface area contributed by atoms with Crippen molar-refractivity contribution in [3.8, 4) is 0 Å². The van der Waals surface area contributed by atoms with Gasteiger partial charge in [0, 0.05) is 6.54 Å². The summed E-state index contributed by atoms with van der Waals surface area (Å²) in [4.78, 5) is 25.2. The van der Waals surface area contributed by atoms with Crippen molar-refractivity contribution in [1.29, 1.82) is 0 Å². The molecule has 0 saturated carbocycles. The number of carbonyl (C=O) groups is 1. The molecule has 2 fully saturated rings. The van der Waals surface area contributed by atoms with Crippen molar-refractivity contribution in [2.24, 2.45) is 0 Å². The number of imidazole rings is 1. The number of likely N-dealkylation sites (tertiary alicyclic amines) is 2. The predicted octanol–water partition coefficient (Wildman–Crippen LogP) is 2.71. The number of nitrogens with one attached hydrogen (secondary N) is 1. The minimum absolute atomic E-state index is 0.111. The van der Waals surface area contributed by atoms with Gasteiger partial charge in [-0.15, -0.1) is 0 Å². The van der Waals surface area contributed by atoms with Crippen LogP contribution in [0, 0.1) is 0 Å². The molecule has 4 rings (SSSR count). The normalized spacial score (nSPS) is 22.8. The van der Waals surface area contributed by atoms with Crippen LogP contribution in [0.25, 0.3) is 11.0 Å². The van der Waals surface area contributed by atoms with Gasteiger partial charge in [-0.2, -0.15) is 0 Å². The van der Waals surface area contributed by atoms with E-state index in [1.807, 2.05) is 29.2 Å². The van der Waals surface area contributed by atoms with Crippen LogP contribution >= 0.6 is 0 Å². The highest BCUT2D eigenvalue weighted by Crippen LogP contribution is 2.31. The first-order valence-corrected chi connectivity index (χ1v) is 8.78. The fourth-order valence-corrected chi connectivity index (χ4v) is 3.88. The quantitative estimate of drug-likeness (QED) is 0.948. The third-order valence-corrected chi connectivity index (χ3v) is 5.10. The van der Waals surface area contributed by atoms with Crippen molar-refractivity contribution in [1.82, 2.24) is 19.8 Å². The highest BCUT2D eigenvalue weighted by Gasteiger charge is 2.32. The van der Waals surface area contributed by atoms with Crippen LogP contribution in [0.1, 0.15) is 44.0 Å². The zero-order valence-electron chi connectivity index (χ0n) is 13.5. The summed E-state index contributed by atoms with van der Waals surface area (Å²) in [6.45, 7) is 3.55. The molecule has 1 N–H and O–H groups in total. The lowest BCUT2D eigenvalue weighted by Crippen LogP contribution is -2.42. The van der Waals surface area contributed by atoms with Gasteiger partial charge in [-0.25, -0.2) is 4.98 Å². The second-order valence-corrected chi connectivity index (χ2v) is 6.72. The molecule has 1 atom stereocenters. The van der Waals surface area contributed by atoms with Gasteiger partial charge in [0.25, 0.3) is 0 Å². The first kappa shape index (κ1) is 14.7. The van der Waals surface area contributed by atoms with Crippen molar-refractivity contribution in [2.75, 3.05) is 26.2 Å². The number of aromatic nitrogens is 2. The van der Waals surface area contributed by atoms with E-state index in [9.17, 15) is 4.79 Å². The number of hydrogen-bond acceptors (Lipinski definition) is 3. The lowest BCUT2D eigenvalue weighted by Gasteiger charge is -2.30. The number of para-hydroxylation sites is 2. The summed E-state index contributed by atoms with van der Waals surface area (Å²) in [6, 6.07) is 8.18. The van der Waals surface area contributed by atoms with Crippen LogP contribution in [-0.4, -0.2) is 51.9 Å². The largest absolute Gasteiger partial charge is 0.340 e. The standard InChI is InChI=1S/C18H24N4O/c23-17(13-21-10-4-1-5-11-21)22-12-6-9-16(22)18-19-14-7-2-3-8-15(14)20-18/h2-3,7-8,16H,1,4-6,9-13H2,(H,19,20)/t16-/m1/s1. The lowest BCUT2D eigenvalue weighted by atomic mass is 10.1. The van der Waals surface area contributed by atoms with Crippen LogP contribution in [0.3, 0.4) is 0 Å². The van der Waals surface area contributed by atoms with Gasteiger partial charge >= 0.3 is 0 Å². The topological polar surface area (TPSA) is 52.2 Å². The summed E-state index contributed by atoms with van der Waals surface area (Å²) in [6.07, 6.45) is 5.82. The Morgan fingerprint density at radius 2 is 1.96 bits per heavy atom.